The molecule has 12 nitrogen and oxygen atoms in total. The first-order valence-corrected chi connectivity index (χ1v) is 13.7. The molecule has 0 unspecified atom stereocenters. The molecule has 0 aliphatic carbocycles. The van der Waals surface area contributed by atoms with Gasteiger partial charge in [-0.2, -0.15) is 11.8 Å². The smallest absolute Gasteiger partial charge is 0.356 e. The van der Waals surface area contributed by atoms with Gasteiger partial charge in [-0.05, 0) is 42.0 Å². The second-order valence-corrected chi connectivity index (χ2v) is 11.4. The van der Waals surface area contributed by atoms with Gasteiger partial charge >= 0.3 is 5.97 Å². The van der Waals surface area contributed by atoms with Crippen molar-refractivity contribution >= 4 is 47.0 Å². The van der Waals surface area contributed by atoms with Crippen molar-refractivity contribution in [2.45, 2.75) is 43.8 Å². The van der Waals surface area contributed by atoms with Gasteiger partial charge in [0.05, 0.1) is 21.3 Å². The summed E-state index contributed by atoms with van der Waals surface area (Å²) in [5, 5.41) is 47.0. The van der Waals surface area contributed by atoms with E-state index in [0.717, 1.165) is 16.7 Å². The number of β-lactam (4-membered cyclic amide) rings is 1. The fourth-order valence-electron chi connectivity index (χ4n) is 4.81. The van der Waals surface area contributed by atoms with Crippen LogP contribution in [-0.2, 0) is 25.7 Å². The van der Waals surface area contributed by atoms with Crippen molar-refractivity contribution in [3.63, 3.8) is 0 Å². The van der Waals surface area contributed by atoms with E-state index >= 15 is 0 Å². The maximum absolute atomic E-state index is 13.3. The van der Waals surface area contributed by atoms with Crippen LogP contribution in [0.4, 0.5) is 5.69 Å². The molecule has 0 saturated carbocycles. The second-order valence-electron chi connectivity index (χ2n) is 9.08. The fraction of sp³-hybridized carbons (Fsp3) is 0.522. The molecule has 0 bridgehead atoms. The maximum Gasteiger partial charge on any atom is 0.356 e. The molecule has 0 spiro atoms. The fourth-order valence-corrected chi connectivity index (χ4v) is 7.06. The molecule has 1 aromatic rings. The van der Waals surface area contributed by atoms with Crippen LogP contribution in [0.3, 0.4) is 0 Å². The lowest BCUT2D eigenvalue weighted by molar-refractivity contribution is -0.384. The van der Waals surface area contributed by atoms with Crippen molar-refractivity contribution in [2.75, 3.05) is 23.8 Å². The van der Waals surface area contributed by atoms with Crippen molar-refractivity contribution in [3.8, 4) is 0 Å². The number of non-ortho nitro benzene ring substituents is 1. The minimum absolute atomic E-state index is 0.129. The normalized spacial score (nSPS) is 23.8. The van der Waals surface area contributed by atoms with E-state index in [2.05, 4.69) is 5.32 Å². The van der Waals surface area contributed by atoms with Crippen molar-refractivity contribution in [1.29, 1.82) is 0 Å². The Morgan fingerprint density at radius 3 is 2.49 bits per heavy atom. The lowest BCUT2D eigenvalue weighted by atomic mass is 9.70. The number of nitro groups is 1. The summed E-state index contributed by atoms with van der Waals surface area (Å²) < 4.78 is 5.36. The predicted molar refractivity (Wildman–Crippen MR) is 134 cm³/mol. The Labute approximate surface area is 220 Å². The number of benzene rings is 1. The van der Waals surface area contributed by atoms with Crippen LogP contribution in [0.1, 0.15) is 25.3 Å². The molecule has 37 heavy (non-hydrogen) atoms. The highest BCUT2D eigenvalue weighted by atomic mass is 32.2. The second kappa shape index (κ2) is 10.6. The number of hydrogen-bond donors (Lipinski definition) is 4. The Bertz CT molecular complexity index is 1130. The van der Waals surface area contributed by atoms with Crippen LogP contribution in [0, 0.1) is 16.0 Å². The largest absolute Gasteiger partial charge is 0.456 e. The highest BCUT2D eigenvalue weighted by Crippen LogP contribution is 2.55. The maximum atomic E-state index is 13.3. The lowest BCUT2D eigenvalue weighted by Gasteiger charge is -2.53. The minimum Gasteiger partial charge on any atom is -0.456 e. The summed E-state index contributed by atoms with van der Waals surface area (Å²) in [4.78, 5) is 48.7. The van der Waals surface area contributed by atoms with Gasteiger partial charge in [-0.15, -0.1) is 11.8 Å². The molecule has 1 aromatic carbocycles. The van der Waals surface area contributed by atoms with E-state index in [0.29, 0.717) is 29.9 Å². The Morgan fingerprint density at radius 2 is 1.89 bits per heavy atom. The molecule has 3 heterocycles. The van der Waals surface area contributed by atoms with Gasteiger partial charge in [-0.25, -0.2) is 4.79 Å². The quantitative estimate of drug-likeness (QED) is 0.0835. The third-order valence-corrected chi connectivity index (χ3v) is 8.85. The van der Waals surface area contributed by atoms with Gasteiger partial charge in [-0.3, -0.25) is 24.6 Å². The molecular formula is C23H27N3O9S2. The molecule has 4 rings (SSSR count). The van der Waals surface area contributed by atoms with Crippen LogP contribution < -0.4 is 5.32 Å². The number of esters is 1. The van der Waals surface area contributed by atoms with Gasteiger partial charge in [-0.1, -0.05) is 0 Å². The van der Waals surface area contributed by atoms with E-state index in [1.165, 1.54) is 31.2 Å². The van der Waals surface area contributed by atoms with Crippen LogP contribution in [0.15, 0.2) is 34.9 Å². The Hall–Kier alpha value is -2.65. The van der Waals surface area contributed by atoms with Crippen LogP contribution >= 0.6 is 23.5 Å². The number of fused-ring (bicyclic) bond motifs is 1. The molecule has 3 aliphatic heterocycles. The van der Waals surface area contributed by atoms with Crippen LogP contribution in [0.2, 0.25) is 0 Å². The zero-order valence-electron chi connectivity index (χ0n) is 19.9. The molecule has 2 amide bonds. The number of nitro benzene ring substituents is 1. The van der Waals surface area contributed by atoms with Gasteiger partial charge in [0.1, 0.15) is 18.3 Å². The summed E-state index contributed by atoms with van der Waals surface area (Å²) in [5.74, 6) is -4.15. The first-order valence-electron chi connectivity index (χ1n) is 11.6. The molecule has 2 saturated heterocycles. The third kappa shape index (κ3) is 5.21. The molecule has 3 aliphatic rings. The van der Waals surface area contributed by atoms with E-state index in [4.69, 9.17) is 4.74 Å². The monoisotopic (exact) mass is 553 g/mol. The number of nitrogens with one attached hydrogen (secondary N) is 1. The summed E-state index contributed by atoms with van der Waals surface area (Å²) >= 11 is 2.54. The number of amides is 2. The molecule has 4 N–H and O–H groups in total. The van der Waals surface area contributed by atoms with E-state index in [-0.39, 0.29) is 41.1 Å². The average Bonchev–Trinajstić information content (AvgIpc) is 3.04. The highest BCUT2D eigenvalue weighted by molar-refractivity contribution is 8.03. The predicted octanol–water partition coefficient (Wildman–Crippen LogP) is 0.498. The first kappa shape index (κ1) is 27.4. The molecule has 200 valence electrons. The van der Waals surface area contributed by atoms with E-state index in [1.807, 2.05) is 0 Å². The summed E-state index contributed by atoms with van der Waals surface area (Å²) in [6.45, 7) is 1.24. The summed E-state index contributed by atoms with van der Waals surface area (Å²) in [7, 11) is 0. The zero-order chi connectivity index (χ0) is 27.0. The topological polar surface area (TPSA) is 180 Å². The van der Waals surface area contributed by atoms with Gasteiger partial charge in [0.25, 0.3) is 5.69 Å². The third-order valence-electron chi connectivity index (χ3n) is 6.67. The first-order chi connectivity index (χ1) is 17.5. The van der Waals surface area contributed by atoms with E-state index in [9.17, 15) is 39.8 Å². The number of aliphatic hydroxyl groups is 3. The Balaban J connectivity index is 1.58. The highest BCUT2D eigenvalue weighted by Gasteiger charge is 2.71. The molecule has 2 fully saturated rings. The van der Waals surface area contributed by atoms with Crippen LogP contribution in [0.5, 0.6) is 0 Å². The van der Waals surface area contributed by atoms with Gasteiger partial charge < -0.3 is 25.4 Å². The van der Waals surface area contributed by atoms with Crippen LogP contribution in [-0.4, -0.2) is 84.2 Å². The van der Waals surface area contributed by atoms with E-state index < -0.39 is 40.1 Å². The SMILES string of the molecule is CC(=O)NCCSC1=C(C(=O)OCc2ccc([N+](=O)[O-])cc2)N2C(=O)[C@@H](C3(O)CCSCC3)[C@@H]2C1(O)O. The number of ether oxygens (including phenoxy) is 1. The van der Waals surface area contributed by atoms with E-state index in [1.54, 1.807) is 11.8 Å². The van der Waals surface area contributed by atoms with Crippen molar-refractivity contribution in [2.24, 2.45) is 5.92 Å². The molecule has 14 heteroatoms. The number of rotatable bonds is 9. The molecule has 0 radical (unpaired) electrons. The van der Waals surface area contributed by atoms with Crippen molar-refractivity contribution in [1.82, 2.24) is 10.2 Å². The van der Waals surface area contributed by atoms with Gasteiger partial charge in [0.15, 0.2) is 0 Å². The lowest BCUT2D eigenvalue weighted by Crippen LogP contribution is -2.72. The Kier molecular flexibility index (Phi) is 7.85. The molecule has 0 aromatic heterocycles. The Morgan fingerprint density at radius 1 is 1.24 bits per heavy atom. The van der Waals surface area contributed by atoms with Crippen LogP contribution in [0.25, 0.3) is 0 Å². The number of carbonyl (C=O) groups is 3. The van der Waals surface area contributed by atoms with Gasteiger partial charge in [0, 0.05) is 31.4 Å². The number of thioether (sulfide) groups is 2. The number of carbonyl (C=O) groups excluding carboxylic acids is 3. The summed E-state index contributed by atoms with van der Waals surface area (Å²) in [5.41, 5.74) is -1.42. The number of nitrogens with zero attached hydrogens (tertiary/aromatic N) is 2. The molecular weight excluding hydrogens is 526 g/mol. The standard InChI is InChI=1S/C23H27N3O9S2/c1-13(27)24-8-11-37-19-17(21(29)35-12-14-2-4-15(5-3-14)26(33)34)25-18(23(19,31)32)16(20(25)28)22(30)6-9-36-10-7-22/h2-5,16,18,30-32H,6-12H2,1H3,(H,24,27)/t16-,18+/m0/s1. The van der Waals surface area contributed by atoms with Crippen molar-refractivity contribution in [3.05, 3.63) is 50.5 Å². The minimum atomic E-state index is -2.61. The summed E-state index contributed by atoms with van der Waals surface area (Å²) in [6.07, 6.45) is 0.610. The number of hydrogen-bond acceptors (Lipinski definition) is 11. The van der Waals surface area contributed by atoms with Gasteiger partial charge in [0.2, 0.25) is 17.6 Å². The zero-order valence-corrected chi connectivity index (χ0v) is 21.5. The average molecular weight is 554 g/mol. The van der Waals surface area contributed by atoms with Crippen molar-refractivity contribution < 1.29 is 39.4 Å². The molecule has 2 atom stereocenters. The summed E-state index contributed by atoms with van der Waals surface area (Å²) in [6, 6.07) is 4.10.